The topological polar surface area (TPSA) is 54.5 Å². The quantitative estimate of drug-likeness (QED) is 0.485. The maximum Gasteiger partial charge on any atom is 0.160 e. The molecule has 0 atom stereocenters. The second kappa shape index (κ2) is 5.77. The molecule has 0 aliphatic heterocycles. The number of rotatable bonds is 2. The van der Waals surface area contributed by atoms with Gasteiger partial charge < -0.3 is 4.98 Å². The molecular weight excluding hydrogens is 320 g/mol. The van der Waals surface area contributed by atoms with Crippen LogP contribution in [-0.2, 0) is 0 Å². The van der Waals surface area contributed by atoms with E-state index >= 15 is 0 Å². The lowest BCUT2D eigenvalue weighted by Gasteiger charge is -2.05. The summed E-state index contributed by atoms with van der Waals surface area (Å²) in [5.41, 5.74) is 5.92. The summed E-state index contributed by atoms with van der Waals surface area (Å²) in [6, 6.07) is 24.3. The number of nitrogens with one attached hydrogen (secondary N) is 1. The maximum atomic E-state index is 4.73. The molecule has 2 aromatic heterocycles. The first-order valence-electron chi connectivity index (χ1n) is 8.57. The fraction of sp³-hybridized carbons (Fsp3) is 0.0455. The van der Waals surface area contributed by atoms with Gasteiger partial charge in [-0.15, -0.1) is 0 Å². The van der Waals surface area contributed by atoms with Crippen LogP contribution >= 0.6 is 0 Å². The zero-order valence-electron chi connectivity index (χ0n) is 14.3. The summed E-state index contributed by atoms with van der Waals surface area (Å²) in [5, 5.41) is 1.09. The predicted octanol–water partition coefficient (Wildman–Crippen LogP) is 5.15. The van der Waals surface area contributed by atoms with E-state index in [0.717, 1.165) is 50.4 Å². The lowest BCUT2D eigenvalue weighted by molar-refractivity contribution is 1.16. The molecular formula is C22H16N4. The molecule has 0 radical (unpaired) electrons. The smallest absolute Gasteiger partial charge is 0.160 e. The van der Waals surface area contributed by atoms with E-state index in [-0.39, 0.29) is 0 Å². The van der Waals surface area contributed by atoms with Crippen molar-refractivity contribution >= 4 is 21.9 Å². The average Bonchev–Trinajstić information content (AvgIpc) is 3.12. The fourth-order valence-electron chi connectivity index (χ4n) is 3.25. The Morgan fingerprint density at radius 1 is 0.692 bits per heavy atom. The highest BCUT2D eigenvalue weighted by Crippen LogP contribution is 2.26. The Morgan fingerprint density at radius 3 is 2.38 bits per heavy atom. The van der Waals surface area contributed by atoms with E-state index in [1.807, 2.05) is 55.5 Å². The third kappa shape index (κ3) is 2.43. The Hall–Kier alpha value is -3.53. The molecule has 3 aromatic carbocycles. The molecule has 0 amide bonds. The molecule has 0 saturated carbocycles. The van der Waals surface area contributed by atoms with Gasteiger partial charge in [0.25, 0.3) is 0 Å². The van der Waals surface area contributed by atoms with Crippen LogP contribution in [0.25, 0.3) is 44.7 Å². The molecule has 2 heterocycles. The minimum absolute atomic E-state index is 0.735. The van der Waals surface area contributed by atoms with Crippen molar-refractivity contribution in [1.29, 1.82) is 0 Å². The average molecular weight is 336 g/mol. The van der Waals surface area contributed by atoms with Crippen molar-refractivity contribution < 1.29 is 0 Å². The zero-order chi connectivity index (χ0) is 17.5. The standard InChI is InChI=1S/C22H16N4/c1-14-17-9-5-6-10-18(17)24-22(23-14)16-11-12-19-20(13-16)26-21(25-19)15-7-3-2-4-8-15/h2-13H,1H3,(H,25,26). The van der Waals surface area contributed by atoms with Crippen LogP contribution in [0.1, 0.15) is 5.69 Å². The highest BCUT2D eigenvalue weighted by atomic mass is 14.9. The number of para-hydroxylation sites is 1. The summed E-state index contributed by atoms with van der Waals surface area (Å²) in [5.74, 6) is 1.60. The number of hydrogen-bond donors (Lipinski definition) is 1. The number of nitrogens with zero attached hydrogens (tertiary/aromatic N) is 3. The molecule has 0 bridgehead atoms. The number of aryl methyl sites for hydroxylation is 1. The van der Waals surface area contributed by atoms with Gasteiger partial charge in [0.2, 0.25) is 0 Å². The molecule has 5 rings (SSSR count). The molecule has 1 N–H and O–H groups in total. The third-order valence-corrected chi connectivity index (χ3v) is 4.58. The summed E-state index contributed by atoms with van der Waals surface area (Å²) in [7, 11) is 0. The van der Waals surface area contributed by atoms with Crippen molar-refractivity contribution in [1.82, 2.24) is 19.9 Å². The first kappa shape index (κ1) is 14.8. The van der Waals surface area contributed by atoms with Crippen molar-refractivity contribution in [2.24, 2.45) is 0 Å². The number of H-pyrrole nitrogens is 1. The summed E-state index contributed by atoms with van der Waals surface area (Å²) < 4.78 is 0. The highest BCUT2D eigenvalue weighted by molar-refractivity contribution is 5.86. The van der Waals surface area contributed by atoms with Gasteiger partial charge in [0.05, 0.1) is 16.6 Å². The molecule has 0 spiro atoms. The minimum atomic E-state index is 0.735. The van der Waals surface area contributed by atoms with Gasteiger partial charge in [0, 0.05) is 22.2 Å². The van der Waals surface area contributed by atoms with Crippen LogP contribution in [0.2, 0.25) is 0 Å². The van der Waals surface area contributed by atoms with Crippen LogP contribution < -0.4 is 0 Å². The van der Waals surface area contributed by atoms with E-state index in [1.54, 1.807) is 0 Å². The van der Waals surface area contributed by atoms with Crippen LogP contribution in [0.15, 0.2) is 72.8 Å². The Balaban J connectivity index is 1.64. The molecule has 0 fully saturated rings. The summed E-state index contributed by atoms with van der Waals surface area (Å²) >= 11 is 0. The van der Waals surface area contributed by atoms with E-state index in [0.29, 0.717) is 0 Å². The van der Waals surface area contributed by atoms with Crippen LogP contribution in [0.3, 0.4) is 0 Å². The number of aromatic nitrogens is 4. The Kier molecular flexibility index (Phi) is 3.28. The van der Waals surface area contributed by atoms with E-state index in [9.17, 15) is 0 Å². The van der Waals surface area contributed by atoms with E-state index in [1.165, 1.54) is 0 Å². The van der Waals surface area contributed by atoms with Gasteiger partial charge in [0.15, 0.2) is 5.82 Å². The van der Waals surface area contributed by atoms with Crippen molar-refractivity contribution in [3.63, 3.8) is 0 Å². The molecule has 124 valence electrons. The molecule has 5 aromatic rings. The minimum Gasteiger partial charge on any atom is -0.338 e. The number of fused-ring (bicyclic) bond motifs is 2. The first-order valence-corrected chi connectivity index (χ1v) is 8.57. The zero-order valence-corrected chi connectivity index (χ0v) is 14.3. The van der Waals surface area contributed by atoms with Crippen LogP contribution in [0.4, 0.5) is 0 Å². The van der Waals surface area contributed by atoms with Gasteiger partial charge in [-0.1, -0.05) is 48.5 Å². The largest absolute Gasteiger partial charge is 0.338 e. The van der Waals surface area contributed by atoms with Gasteiger partial charge >= 0.3 is 0 Å². The molecule has 0 aliphatic rings. The van der Waals surface area contributed by atoms with Gasteiger partial charge in [-0.05, 0) is 31.2 Å². The van der Waals surface area contributed by atoms with Crippen molar-refractivity contribution in [3.05, 3.63) is 78.5 Å². The predicted molar refractivity (Wildman–Crippen MR) is 105 cm³/mol. The van der Waals surface area contributed by atoms with Crippen LogP contribution in [0.5, 0.6) is 0 Å². The number of imidazole rings is 1. The van der Waals surface area contributed by atoms with Crippen LogP contribution in [0, 0.1) is 6.92 Å². The Bertz CT molecular complexity index is 1240. The van der Waals surface area contributed by atoms with E-state index in [4.69, 9.17) is 9.97 Å². The van der Waals surface area contributed by atoms with Gasteiger partial charge in [-0.25, -0.2) is 15.0 Å². The molecule has 0 aliphatic carbocycles. The summed E-state index contributed by atoms with van der Waals surface area (Å²) in [4.78, 5) is 17.5. The highest BCUT2D eigenvalue weighted by Gasteiger charge is 2.10. The normalized spacial score (nSPS) is 11.3. The van der Waals surface area contributed by atoms with Crippen molar-refractivity contribution in [2.75, 3.05) is 0 Å². The van der Waals surface area contributed by atoms with Crippen LogP contribution in [-0.4, -0.2) is 19.9 Å². The fourth-order valence-corrected chi connectivity index (χ4v) is 3.25. The van der Waals surface area contributed by atoms with E-state index < -0.39 is 0 Å². The van der Waals surface area contributed by atoms with Crippen molar-refractivity contribution in [2.45, 2.75) is 6.92 Å². The molecule has 4 heteroatoms. The Labute approximate surface area is 150 Å². The summed E-state index contributed by atoms with van der Waals surface area (Å²) in [6.07, 6.45) is 0. The third-order valence-electron chi connectivity index (χ3n) is 4.58. The first-order chi connectivity index (χ1) is 12.8. The lowest BCUT2D eigenvalue weighted by atomic mass is 10.1. The van der Waals surface area contributed by atoms with Gasteiger partial charge in [-0.2, -0.15) is 0 Å². The molecule has 0 unspecified atom stereocenters. The van der Waals surface area contributed by atoms with Gasteiger partial charge in [0.1, 0.15) is 5.82 Å². The summed E-state index contributed by atoms with van der Waals surface area (Å²) in [6.45, 7) is 2.02. The monoisotopic (exact) mass is 336 g/mol. The van der Waals surface area contributed by atoms with Crippen molar-refractivity contribution in [3.8, 4) is 22.8 Å². The lowest BCUT2D eigenvalue weighted by Crippen LogP contribution is -1.94. The number of benzene rings is 3. The molecule has 26 heavy (non-hydrogen) atoms. The second-order valence-corrected chi connectivity index (χ2v) is 6.33. The molecule has 4 nitrogen and oxygen atoms in total. The molecule has 0 saturated heterocycles. The Morgan fingerprint density at radius 2 is 1.50 bits per heavy atom. The SMILES string of the molecule is Cc1nc(-c2ccc3nc(-c4ccccc4)[nH]c3c2)nc2ccccc12. The second-order valence-electron chi connectivity index (χ2n) is 6.33. The number of aromatic amines is 1. The maximum absolute atomic E-state index is 4.73. The number of hydrogen-bond acceptors (Lipinski definition) is 3. The van der Waals surface area contributed by atoms with Gasteiger partial charge in [-0.3, -0.25) is 0 Å². The van der Waals surface area contributed by atoms with E-state index in [2.05, 4.69) is 34.2 Å².